The number of carbonyl (C=O) groups excluding carboxylic acids is 2. The first-order valence-corrected chi connectivity index (χ1v) is 11.0. The van der Waals surface area contributed by atoms with Gasteiger partial charge in [0.1, 0.15) is 5.75 Å². The Morgan fingerprint density at radius 2 is 1.88 bits per heavy atom. The second kappa shape index (κ2) is 8.68. The number of ether oxygens (including phenoxy) is 1. The molecule has 0 radical (unpaired) electrons. The van der Waals surface area contributed by atoms with Crippen LogP contribution in [0.25, 0.3) is 16.9 Å². The van der Waals surface area contributed by atoms with Crippen molar-refractivity contribution in [1.29, 1.82) is 0 Å². The molecule has 2 aromatic carbocycles. The van der Waals surface area contributed by atoms with Crippen LogP contribution >= 0.6 is 11.3 Å². The molecule has 5 aromatic rings. The fourth-order valence-electron chi connectivity index (χ4n) is 3.56. The Bertz CT molecular complexity index is 1460. The zero-order valence-electron chi connectivity index (χ0n) is 17.6. The van der Waals surface area contributed by atoms with E-state index in [1.807, 2.05) is 47.8 Å². The Morgan fingerprint density at radius 1 is 1.03 bits per heavy atom. The van der Waals surface area contributed by atoms with Crippen LogP contribution in [0.3, 0.4) is 0 Å². The van der Waals surface area contributed by atoms with Gasteiger partial charge in [0.15, 0.2) is 5.65 Å². The van der Waals surface area contributed by atoms with Crippen LogP contribution in [0.5, 0.6) is 5.75 Å². The fraction of sp³-hybridized carbons (Fsp3) is 0.0400. The fourth-order valence-corrected chi connectivity index (χ4v) is 4.24. The number of amides is 1. The lowest BCUT2D eigenvalue weighted by Gasteiger charge is -2.13. The van der Waals surface area contributed by atoms with Gasteiger partial charge in [-0.3, -0.25) is 9.59 Å². The summed E-state index contributed by atoms with van der Waals surface area (Å²) in [7, 11) is 1.55. The van der Waals surface area contributed by atoms with Crippen molar-refractivity contribution in [2.75, 3.05) is 12.4 Å². The van der Waals surface area contributed by atoms with Crippen molar-refractivity contribution in [1.82, 2.24) is 14.6 Å². The number of hydrogen-bond acceptors (Lipinski definition) is 6. The third-order valence-electron chi connectivity index (χ3n) is 5.17. The van der Waals surface area contributed by atoms with Crippen molar-refractivity contribution in [3.63, 3.8) is 0 Å². The second-order valence-corrected chi connectivity index (χ2v) is 8.11. The van der Waals surface area contributed by atoms with Crippen molar-refractivity contribution >= 4 is 34.4 Å². The highest BCUT2D eigenvalue weighted by atomic mass is 32.1. The van der Waals surface area contributed by atoms with Crippen LogP contribution in [0.2, 0.25) is 0 Å². The monoisotopic (exact) mass is 454 g/mol. The molecule has 0 saturated carbocycles. The molecule has 1 N–H and O–H groups in total. The van der Waals surface area contributed by atoms with Crippen LogP contribution < -0.4 is 10.1 Å². The molecule has 33 heavy (non-hydrogen) atoms. The predicted molar refractivity (Wildman–Crippen MR) is 127 cm³/mol. The molecule has 3 heterocycles. The van der Waals surface area contributed by atoms with Crippen molar-refractivity contribution in [3.8, 4) is 17.0 Å². The molecule has 7 nitrogen and oxygen atoms in total. The first-order valence-electron chi connectivity index (χ1n) is 10.1. The molecular formula is C25H18N4O3S. The van der Waals surface area contributed by atoms with Crippen LogP contribution in [0.4, 0.5) is 5.69 Å². The van der Waals surface area contributed by atoms with Crippen molar-refractivity contribution < 1.29 is 14.3 Å². The van der Waals surface area contributed by atoms with E-state index in [-0.39, 0.29) is 11.7 Å². The Hall–Kier alpha value is -4.30. The lowest BCUT2D eigenvalue weighted by molar-refractivity contribution is 0.102. The van der Waals surface area contributed by atoms with Gasteiger partial charge in [-0.25, -0.2) is 9.50 Å². The van der Waals surface area contributed by atoms with E-state index < -0.39 is 0 Å². The summed E-state index contributed by atoms with van der Waals surface area (Å²) < 4.78 is 7.07. The summed E-state index contributed by atoms with van der Waals surface area (Å²) in [5.74, 6) is 0.173. The van der Waals surface area contributed by atoms with Gasteiger partial charge >= 0.3 is 0 Å². The zero-order chi connectivity index (χ0) is 22.8. The minimum atomic E-state index is -0.242. The van der Waals surface area contributed by atoms with Gasteiger partial charge in [-0.2, -0.15) is 5.10 Å². The Kier molecular flexibility index (Phi) is 5.42. The standard InChI is InChI=1S/C25H18N4O3S/c1-32-21-10-9-17(14-19(21)28-25(31)16-6-3-2-4-7-16)20-11-12-26-24-18(15-27-29(20)24)23(30)22-8-5-13-33-22/h2-15H,1H3,(H,28,31). The maximum atomic E-state index is 12.9. The third-order valence-corrected chi connectivity index (χ3v) is 6.04. The SMILES string of the molecule is COc1ccc(-c2ccnc3c(C(=O)c4cccs4)cnn23)cc1NC(=O)c1ccccc1. The van der Waals surface area contributed by atoms with E-state index in [9.17, 15) is 9.59 Å². The number of fused-ring (bicyclic) bond motifs is 1. The summed E-state index contributed by atoms with van der Waals surface area (Å²) >= 11 is 1.38. The topological polar surface area (TPSA) is 85.6 Å². The largest absolute Gasteiger partial charge is 0.495 e. The highest BCUT2D eigenvalue weighted by Gasteiger charge is 2.19. The number of nitrogens with zero attached hydrogens (tertiary/aromatic N) is 3. The quantitative estimate of drug-likeness (QED) is 0.367. The van der Waals surface area contributed by atoms with E-state index in [1.165, 1.54) is 17.5 Å². The molecule has 0 spiro atoms. The zero-order valence-corrected chi connectivity index (χ0v) is 18.4. The number of anilines is 1. The van der Waals surface area contributed by atoms with Gasteiger partial charge in [0.05, 0.1) is 35.1 Å². The molecule has 0 atom stereocenters. The molecule has 0 aliphatic carbocycles. The third kappa shape index (κ3) is 3.88. The van der Waals surface area contributed by atoms with Gasteiger partial charge in [0.25, 0.3) is 5.91 Å². The second-order valence-electron chi connectivity index (χ2n) is 7.17. The van der Waals surface area contributed by atoms with Gasteiger partial charge in [-0.05, 0) is 47.8 Å². The lowest BCUT2D eigenvalue weighted by Crippen LogP contribution is -2.12. The molecule has 0 bridgehead atoms. The van der Waals surface area contributed by atoms with Gasteiger partial charge in [0.2, 0.25) is 5.78 Å². The van der Waals surface area contributed by atoms with Crippen molar-refractivity contribution in [2.24, 2.45) is 0 Å². The Labute approximate surface area is 193 Å². The molecule has 1 amide bonds. The highest BCUT2D eigenvalue weighted by molar-refractivity contribution is 7.12. The number of carbonyl (C=O) groups is 2. The number of thiophene rings is 1. The number of ketones is 1. The van der Waals surface area contributed by atoms with Crippen LogP contribution in [0.1, 0.15) is 25.6 Å². The minimum Gasteiger partial charge on any atom is -0.495 e. The number of nitrogens with one attached hydrogen (secondary N) is 1. The normalized spacial score (nSPS) is 10.8. The molecule has 0 aliphatic rings. The smallest absolute Gasteiger partial charge is 0.255 e. The van der Waals surface area contributed by atoms with Crippen LogP contribution in [-0.4, -0.2) is 33.4 Å². The molecule has 0 saturated heterocycles. The van der Waals surface area contributed by atoms with Crippen LogP contribution in [0.15, 0.2) is 84.5 Å². The van der Waals surface area contributed by atoms with E-state index in [4.69, 9.17) is 4.74 Å². The number of aromatic nitrogens is 3. The molecule has 162 valence electrons. The van der Waals surface area contributed by atoms with E-state index in [2.05, 4.69) is 15.4 Å². The number of rotatable bonds is 6. The number of methoxy groups -OCH3 is 1. The molecule has 3 aromatic heterocycles. The summed E-state index contributed by atoms with van der Waals surface area (Å²) in [6.45, 7) is 0. The molecular weight excluding hydrogens is 436 g/mol. The molecule has 0 unspecified atom stereocenters. The van der Waals surface area contributed by atoms with Gasteiger partial charge in [0, 0.05) is 17.3 Å². The first-order chi connectivity index (χ1) is 16.2. The molecule has 8 heteroatoms. The average molecular weight is 455 g/mol. The molecule has 0 fully saturated rings. The van der Waals surface area contributed by atoms with E-state index in [0.717, 1.165) is 11.3 Å². The molecule has 0 aliphatic heterocycles. The molecule has 5 rings (SSSR count). The van der Waals surface area contributed by atoms with Crippen LogP contribution in [-0.2, 0) is 0 Å². The average Bonchev–Trinajstić information content (AvgIpc) is 3.54. The summed E-state index contributed by atoms with van der Waals surface area (Å²) in [5, 5.41) is 9.20. The summed E-state index contributed by atoms with van der Waals surface area (Å²) in [6.07, 6.45) is 3.18. The van der Waals surface area contributed by atoms with Gasteiger partial charge in [-0.1, -0.05) is 24.3 Å². The van der Waals surface area contributed by atoms with Gasteiger partial charge in [-0.15, -0.1) is 11.3 Å². The van der Waals surface area contributed by atoms with E-state index in [0.29, 0.717) is 33.1 Å². The predicted octanol–water partition coefficient (Wildman–Crippen LogP) is 4.95. The van der Waals surface area contributed by atoms with Crippen molar-refractivity contribution in [2.45, 2.75) is 0 Å². The Morgan fingerprint density at radius 3 is 2.64 bits per heavy atom. The Balaban J connectivity index is 1.54. The maximum Gasteiger partial charge on any atom is 0.255 e. The van der Waals surface area contributed by atoms with E-state index in [1.54, 1.807) is 42.1 Å². The number of hydrogen-bond donors (Lipinski definition) is 1. The highest BCUT2D eigenvalue weighted by Crippen LogP contribution is 2.31. The number of benzene rings is 2. The van der Waals surface area contributed by atoms with Gasteiger partial charge < -0.3 is 10.1 Å². The minimum absolute atomic E-state index is 0.116. The summed E-state index contributed by atoms with van der Waals surface area (Å²) in [6, 6.07) is 19.9. The lowest BCUT2D eigenvalue weighted by atomic mass is 10.1. The summed E-state index contributed by atoms with van der Waals surface area (Å²) in [5.41, 5.74) is 3.48. The maximum absolute atomic E-state index is 12.9. The van der Waals surface area contributed by atoms with Crippen molar-refractivity contribution in [3.05, 3.63) is 101 Å². The first kappa shape index (κ1) is 20.6. The summed E-state index contributed by atoms with van der Waals surface area (Å²) in [4.78, 5) is 30.6. The van der Waals surface area contributed by atoms with E-state index >= 15 is 0 Å². The van der Waals surface area contributed by atoms with Crippen LogP contribution in [0, 0.1) is 0 Å².